The first-order valence-corrected chi connectivity index (χ1v) is 8.60. The van der Waals surface area contributed by atoms with Crippen molar-refractivity contribution in [3.8, 4) is 0 Å². The first-order chi connectivity index (χ1) is 10.8. The third kappa shape index (κ3) is 3.07. The van der Waals surface area contributed by atoms with Gasteiger partial charge in [0, 0.05) is 21.8 Å². The molecule has 1 N–H and O–H groups in total. The van der Waals surface area contributed by atoms with Gasteiger partial charge in [0.15, 0.2) is 0 Å². The van der Waals surface area contributed by atoms with Crippen molar-refractivity contribution in [2.24, 2.45) is 0 Å². The molecule has 1 aromatic heterocycles. The van der Waals surface area contributed by atoms with Gasteiger partial charge in [-0.25, -0.2) is 0 Å². The number of aryl methyl sites for hydroxylation is 1. The predicted octanol–water partition coefficient (Wildman–Crippen LogP) is 6.20. The first kappa shape index (κ1) is 14.9. The predicted molar refractivity (Wildman–Crippen MR) is 101 cm³/mol. The lowest BCUT2D eigenvalue weighted by molar-refractivity contribution is 0.979. The zero-order valence-corrected chi connectivity index (χ0v) is 13.9. The molecular formula is C20H21NS. The van der Waals surface area contributed by atoms with Crippen LogP contribution in [0, 0.1) is 6.92 Å². The Labute approximate surface area is 136 Å². The van der Waals surface area contributed by atoms with E-state index >= 15 is 0 Å². The van der Waals surface area contributed by atoms with Crippen LogP contribution in [0.4, 0.5) is 5.69 Å². The minimum absolute atomic E-state index is 1.01. The van der Waals surface area contributed by atoms with E-state index in [2.05, 4.69) is 79.8 Å². The van der Waals surface area contributed by atoms with E-state index in [0.29, 0.717) is 0 Å². The number of anilines is 1. The van der Waals surface area contributed by atoms with Crippen molar-refractivity contribution in [3.63, 3.8) is 0 Å². The summed E-state index contributed by atoms with van der Waals surface area (Å²) in [7, 11) is 0. The molecule has 112 valence electrons. The van der Waals surface area contributed by atoms with Gasteiger partial charge < -0.3 is 5.32 Å². The molecule has 3 rings (SSSR count). The van der Waals surface area contributed by atoms with Crippen molar-refractivity contribution in [1.82, 2.24) is 0 Å². The number of benzene rings is 2. The molecule has 1 heterocycles. The van der Waals surface area contributed by atoms with Crippen molar-refractivity contribution < 1.29 is 0 Å². The normalized spacial score (nSPS) is 11.4. The molecular weight excluding hydrogens is 286 g/mol. The summed E-state index contributed by atoms with van der Waals surface area (Å²) >= 11 is 1.87. The Kier molecular flexibility index (Phi) is 4.59. The van der Waals surface area contributed by atoms with Crippen LogP contribution in [0.25, 0.3) is 22.2 Å². The number of para-hydroxylation sites is 1. The Morgan fingerprint density at radius 3 is 2.64 bits per heavy atom. The van der Waals surface area contributed by atoms with E-state index in [4.69, 9.17) is 0 Å². The largest absolute Gasteiger partial charge is 0.385 e. The maximum atomic E-state index is 3.50. The zero-order valence-electron chi connectivity index (χ0n) is 13.1. The second kappa shape index (κ2) is 6.80. The minimum Gasteiger partial charge on any atom is -0.385 e. The second-order valence-corrected chi connectivity index (χ2v) is 6.67. The van der Waals surface area contributed by atoms with Crippen molar-refractivity contribution >= 4 is 39.3 Å². The van der Waals surface area contributed by atoms with Crippen molar-refractivity contribution in [3.05, 3.63) is 64.5 Å². The lowest BCUT2D eigenvalue weighted by Gasteiger charge is -2.08. The molecule has 3 aromatic rings. The molecule has 0 aliphatic rings. The third-order valence-electron chi connectivity index (χ3n) is 3.78. The van der Waals surface area contributed by atoms with Crippen LogP contribution in [0.3, 0.4) is 0 Å². The molecule has 0 aliphatic carbocycles. The maximum Gasteiger partial charge on any atom is 0.0413 e. The Hall–Kier alpha value is -2.06. The molecule has 1 nitrogen and oxygen atoms in total. The van der Waals surface area contributed by atoms with Crippen molar-refractivity contribution in [2.45, 2.75) is 20.3 Å². The Morgan fingerprint density at radius 1 is 1.00 bits per heavy atom. The molecule has 2 aromatic carbocycles. The summed E-state index contributed by atoms with van der Waals surface area (Å²) in [5.41, 5.74) is 3.79. The lowest BCUT2D eigenvalue weighted by atomic mass is 10.1. The standard InChI is InChI=1S/C20H21NS/c1-3-14-21-19-10-6-4-8-16(19)12-13-17-15(2)22-20-11-7-5-9-18(17)20/h4-13,21H,3,14H2,1-2H3/b13-12+. The quantitative estimate of drug-likeness (QED) is 0.591. The molecule has 0 saturated heterocycles. The highest BCUT2D eigenvalue weighted by Crippen LogP contribution is 2.32. The zero-order chi connectivity index (χ0) is 15.4. The van der Waals surface area contributed by atoms with E-state index in [1.54, 1.807) is 0 Å². The second-order valence-electron chi connectivity index (χ2n) is 5.42. The Bertz CT molecular complexity index is 798. The number of thiophene rings is 1. The van der Waals surface area contributed by atoms with Crippen LogP contribution >= 0.6 is 11.3 Å². The van der Waals surface area contributed by atoms with Gasteiger partial charge in [0.1, 0.15) is 0 Å². The van der Waals surface area contributed by atoms with E-state index in [9.17, 15) is 0 Å². The minimum atomic E-state index is 1.01. The van der Waals surface area contributed by atoms with Gasteiger partial charge in [-0.15, -0.1) is 11.3 Å². The van der Waals surface area contributed by atoms with Crippen molar-refractivity contribution in [1.29, 1.82) is 0 Å². The highest BCUT2D eigenvalue weighted by molar-refractivity contribution is 7.19. The van der Waals surface area contributed by atoms with Crippen LogP contribution in [-0.4, -0.2) is 6.54 Å². The van der Waals surface area contributed by atoms with Gasteiger partial charge in [-0.3, -0.25) is 0 Å². The summed E-state index contributed by atoms with van der Waals surface area (Å²) in [6.45, 7) is 5.39. The van der Waals surface area contributed by atoms with Gasteiger partial charge in [0.05, 0.1) is 0 Å². The molecule has 0 spiro atoms. The molecule has 0 bridgehead atoms. The molecule has 0 aliphatic heterocycles. The number of hydrogen-bond donors (Lipinski definition) is 1. The summed E-state index contributed by atoms with van der Waals surface area (Å²) in [4.78, 5) is 1.37. The van der Waals surface area contributed by atoms with Crippen LogP contribution in [-0.2, 0) is 0 Å². The van der Waals surface area contributed by atoms with Gasteiger partial charge in [-0.05, 0) is 42.0 Å². The maximum absolute atomic E-state index is 3.50. The van der Waals surface area contributed by atoms with Crippen LogP contribution in [0.5, 0.6) is 0 Å². The van der Waals surface area contributed by atoms with Crippen LogP contribution in [0.2, 0.25) is 0 Å². The van der Waals surface area contributed by atoms with E-state index in [0.717, 1.165) is 13.0 Å². The SMILES string of the molecule is CCCNc1ccccc1/C=C/c1c(C)sc2ccccc12. The summed E-state index contributed by atoms with van der Waals surface area (Å²) < 4.78 is 1.36. The van der Waals surface area contributed by atoms with E-state index in [1.807, 2.05) is 11.3 Å². The van der Waals surface area contributed by atoms with Crippen molar-refractivity contribution in [2.75, 3.05) is 11.9 Å². The fraction of sp³-hybridized carbons (Fsp3) is 0.200. The summed E-state index contributed by atoms with van der Waals surface area (Å²) in [6, 6.07) is 17.1. The molecule has 0 fully saturated rings. The van der Waals surface area contributed by atoms with Gasteiger partial charge in [-0.1, -0.05) is 55.5 Å². The molecule has 0 radical (unpaired) electrons. The number of rotatable bonds is 5. The van der Waals surface area contributed by atoms with Gasteiger partial charge in [0.2, 0.25) is 0 Å². The summed E-state index contributed by atoms with van der Waals surface area (Å²) in [6.07, 6.45) is 5.60. The van der Waals surface area contributed by atoms with Crippen LogP contribution < -0.4 is 5.32 Å². The summed E-state index contributed by atoms with van der Waals surface area (Å²) in [5.74, 6) is 0. The number of hydrogen-bond acceptors (Lipinski definition) is 2. The average molecular weight is 307 g/mol. The van der Waals surface area contributed by atoms with E-state index in [1.165, 1.54) is 31.8 Å². The number of fused-ring (bicyclic) bond motifs is 1. The average Bonchev–Trinajstić information content (AvgIpc) is 2.87. The molecule has 22 heavy (non-hydrogen) atoms. The van der Waals surface area contributed by atoms with Crippen LogP contribution in [0.15, 0.2) is 48.5 Å². The molecule has 0 atom stereocenters. The lowest BCUT2D eigenvalue weighted by Crippen LogP contribution is -2.00. The monoisotopic (exact) mass is 307 g/mol. The van der Waals surface area contributed by atoms with E-state index in [-0.39, 0.29) is 0 Å². The molecule has 0 saturated carbocycles. The molecule has 2 heteroatoms. The van der Waals surface area contributed by atoms with Gasteiger partial charge >= 0.3 is 0 Å². The summed E-state index contributed by atoms with van der Waals surface area (Å²) in [5, 5.41) is 4.84. The third-order valence-corrected chi connectivity index (χ3v) is 4.88. The fourth-order valence-electron chi connectivity index (χ4n) is 2.63. The highest BCUT2D eigenvalue weighted by atomic mass is 32.1. The van der Waals surface area contributed by atoms with Crippen LogP contribution in [0.1, 0.15) is 29.3 Å². The number of nitrogens with one attached hydrogen (secondary N) is 1. The van der Waals surface area contributed by atoms with Gasteiger partial charge in [0.25, 0.3) is 0 Å². The fourth-order valence-corrected chi connectivity index (χ4v) is 3.68. The molecule has 0 amide bonds. The smallest absolute Gasteiger partial charge is 0.0413 e. The Balaban J connectivity index is 1.95. The van der Waals surface area contributed by atoms with Gasteiger partial charge in [-0.2, -0.15) is 0 Å². The Morgan fingerprint density at radius 2 is 1.77 bits per heavy atom. The topological polar surface area (TPSA) is 12.0 Å². The molecule has 0 unspecified atom stereocenters. The first-order valence-electron chi connectivity index (χ1n) is 7.78. The van der Waals surface area contributed by atoms with E-state index < -0.39 is 0 Å². The highest BCUT2D eigenvalue weighted by Gasteiger charge is 2.05.